The average Bonchev–Trinajstić information content (AvgIpc) is 3.70. The van der Waals surface area contributed by atoms with Crippen LogP contribution in [0.15, 0.2) is 18.3 Å². The van der Waals surface area contributed by atoms with Crippen LogP contribution in [0.5, 0.6) is 0 Å². The molecule has 3 aliphatic rings. The van der Waals surface area contributed by atoms with E-state index in [1.165, 1.54) is 11.1 Å². The van der Waals surface area contributed by atoms with Crippen molar-refractivity contribution in [3.8, 4) is 11.3 Å². The molecule has 1 aliphatic carbocycles. The van der Waals surface area contributed by atoms with Crippen LogP contribution in [0.1, 0.15) is 38.6 Å². The number of benzene rings is 1. The number of nitrogens with one attached hydrogen (secondary N) is 1. The van der Waals surface area contributed by atoms with Crippen molar-refractivity contribution in [3.63, 3.8) is 0 Å². The van der Waals surface area contributed by atoms with Gasteiger partial charge in [0.25, 0.3) is 0 Å². The van der Waals surface area contributed by atoms with Crippen molar-refractivity contribution < 1.29 is 47.9 Å². The number of thioether (sulfide) groups is 1. The van der Waals surface area contributed by atoms with Gasteiger partial charge in [-0.2, -0.15) is 0 Å². The molecule has 2 aliphatic heterocycles. The normalized spacial score (nSPS) is 27.2. The highest BCUT2D eigenvalue weighted by Crippen LogP contribution is 2.42. The highest BCUT2D eigenvalue weighted by molar-refractivity contribution is 8.01. The van der Waals surface area contributed by atoms with Gasteiger partial charge in [0.05, 0.1) is 18.4 Å². The molecule has 2 saturated heterocycles. The van der Waals surface area contributed by atoms with Crippen LogP contribution in [0.2, 0.25) is 0 Å². The molecule has 5 N–H and O–H groups in total. The van der Waals surface area contributed by atoms with Crippen LogP contribution in [0.4, 0.5) is 18.0 Å². The monoisotopic (exact) mass is 658 g/mol. The molecular weight excluding hydrogens is 621 g/mol. The Kier molecular flexibility index (Phi) is 9.96. The molecule has 17 heteroatoms. The summed E-state index contributed by atoms with van der Waals surface area (Å²) in [6.07, 6.45) is -1.20. The van der Waals surface area contributed by atoms with E-state index in [1.807, 2.05) is 0 Å². The van der Waals surface area contributed by atoms with E-state index in [1.54, 1.807) is 18.9 Å². The van der Waals surface area contributed by atoms with Gasteiger partial charge in [-0.3, -0.25) is 4.79 Å². The number of ether oxygens (including phenoxy) is 1. The van der Waals surface area contributed by atoms with E-state index in [-0.39, 0.29) is 49.3 Å². The number of halogens is 3. The molecule has 248 valence electrons. The minimum Gasteiger partial charge on any atom is -0.394 e. The first kappa shape index (κ1) is 33.4. The van der Waals surface area contributed by atoms with Crippen LogP contribution < -0.4 is 5.32 Å². The summed E-state index contributed by atoms with van der Waals surface area (Å²) in [5.74, 6) is -4.98. The van der Waals surface area contributed by atoms with Crippen molar-refractivity contribution in [1.82, 2.24) is 30.1 Å². The summed E-state index contributed by atoms with van der Waals surface area (Å²) in [7, 11) is 1.57. The number of urea groups is 1. The number of nitrogens with zero attached hydrogens (tertiary/aromatic N) is 5. The van der Waals surface area contributed by atoms with Crippen LogP contribution in [0.25, 0.3) is 11.3 Å². The van der Waals surface area contributed by atoms with E-state index in [0.29, 0.717) is 6.54 Å². The highest BCUT2D eigenvalue weighted by atomic mass is 32.2. The Balaban J connectivity index is 1.38. The summed E-state index contributed by atoms with van der Waals surface area (Å²) in [6, 6.07) is 0.0645. The van der Waals surface area contributed by atoms with Gasteiger partial charge in [0.2, 0.25) is 5.91 Å². The molecule has 6 atom stereocenters. The molecule has 2 aromatic rings. The molecular formula is C28H37F3N6O7S. The molecule has 5 rings (SSSR count). The predicted octanol–water partition coefficient (Wildman–Crippen LogP) is 0.621. The number of hydrogen-bond acceptors (Lipinski definition) is 10. The quantitative estimate of drug-likeness (QED) is 0.241. The predicted molar refractivity (Wildman–Crippen MR) is 154 cm³/mol. The zero-order chi connectivity index (χ0) is 32.6. The fourth-order valence-electron chi connectivity index (χ4n) is 5.51. The van der Waals surface area contributed by atoms with E-state index < -0.39 is 70.6 Å². The first-order chi connectivity index (χ1) is 21.4. The number of aromatic nitrogens is 3. The zero-order valence-electron chi connectivity index (χ0n) is 24.7. The molecule has 1 aromatic carbocycles. The van der Waals surface area contributed by atoms with Gasteiger partial charge in [-0.05, 0) is 44.7 Å². The van der Waals surface area contributed by atoms with Gasteiger partial charge in [0.1, 0.15) is 40.7 Å². The van der Waals surface area contributed by atoms with E-state index in [4.69, 9.17) is 4.74 Å². The van der Waals surface area contributed by atoms with Gasteiger partial charge in [-0.15, -0.1) is 16.9 Å². The number of carbonyl (C=O) groups is 2. The number of carbonyl (C=O) groups excluding carboxylic acids is 2. The van der Waals surface area contributed by atoms with Crippen LogP contribution in [0, 0.1) is 17.5 Å². The zero-order valence-corrected chi connectivity index (χ0v) is 25.5. The summed E-state index contributed by atoms with van der Waals surface area (Å²) in [5.41, 5.74) is -3.11. The fraction of sp³-hybridized carbons (Fsp3) is 0.643. The van der Waals surface area contributed by atoms with E-state index in [9.17, 15) is 43.2 Å². The molecule has 0 radical (unpaired) electrons. The number of piperidine rings is 1. The topological polar surface area (TPSA) is 174 Å². The molecule has 1 saturated carbocycles. The molecule has 13 nitrogen and oxygen atoms in total. The van der Waals surface area contributed by atoms with E-state index in [0.717, 1.165) is 41.4 Å². The smallest absolute Gasteiger partial charge is 0.317 e. The highest BCUT2D eigenvalue weighted by Gasteiger charge is 2.52. The standard InChI is InChI=1S/C28H37F3N6O7S/c1-3-35(2)25(41)24(28(43)6-8-36(9-7-28)27(42)32-15-4-5-15)45-26-23(40)21(22(39)19(13-38)44-26)37-12-18(33-34-37)14-10-16(29)20(31)17(30)11-14/h10-12,15,19,21-24,26,38-40,43H,3-9,13H2,1-2H3,(H,32,42)/t19-,21+,22+,23-,24?,26+/m1/s1. The van der Waals surface area contributed by atoms with E-state index >= 15 is 0 Å². The second kappa shape index (κ2) is 13.4. The Morgan fingerprint density at radius 3 is 2.40 bits per heavy atom. The second-order valence-electron chi connectivity index (χ2n) is 11.7. The van der Waals surface area contributed by atoms with Crippen LogP contribution in [-0.2, 0) is 9.53 Å². The van der Waals surface area contributed by atoms with Gasteiger partial charge in [-0.1, -0.05) is 5.21 Å². The maximum absolute atomic E-state index is 13.9. The third kappa shape index (κ3) is 6.92. The summed E-state index contributed by atoms with van der Waals surface area (Å²) in [4.78, 5) is 29.2. The minimum atomic E-state index is -1.65. The first-order valence-corrected chi connectivity index (χ1v) is 15.7. The largest absolute Gasteiger partial charge is 0.394 e. The third-order valence-corrected chi connectivity index (χ3v) is 10.2. The van der Waals surface area contributed by atoms with Gasteiger partial charge in [0.15, 0.2) is 17.5 Å². The average molecular weight is 659 g/mol. The maximum Gasteiger partial charge on any atom is 0.317 e. The number of amides is 3. The Morgan fingerprint density at radius 1 is 1.18 bits per heavy atom. The SMILES string of the molecule is CCN(C)C(=O)C(S[C@@H]1O[C@H](CO)[C@H](O)[C@H](n2cc(-c3cc(F)c(F)c(F)c3)nn2)[C@H]1O)C1(O)CCN(C(=O)NC2CC2)CC1. The Labute approximate surface area is 261 Å². The minimum absolute atomic E-state index is 0.0710. The van der Waals surface area contributed by atoms with Crippen molar-refractivity contribution in [1.29, 1.82) is 0 Å². The summed E-state index contributed by atoms with van der Waals surface area (Å²) in [6.45, 7) is 1.78. The summed E-state index contributed by atoms with van der Waals surface area (Å²) >= 11 is 0.832. The Morgan fingerprint density at radius 2 is 1.82 bits per heavy atom. The first-order valence-electron chi connectivity index (χ1n) is 14.7. The van der Waals surface area contributed by atoms with Crippen molar-refractivity contribution >= 4 is 23.7 Å². The van der Waals surface area contributed by atoms with E-state index in [2.05, 4.69) is 15.6 Å². The molecule has 1 unspecified atom stereocenters. The lowest BCUT2D eigenvalue weighted by atomic mass is 9.87. The molecule has 3 fully saturated rings. The lowest BCUT2D eigenvalue weighted by Crippen LogP contribution is -2.60. The Bertz CT molecular complexity index is 1370. The number of hydrogen-bond donors (Lipinski definition) is 5. The lowest BCUT2D eigenvalue weighted by molar-refractivity contribution is -0.179. The second-order valence-corrected chi connectivity index (χ2v) is 12.9. The van der Waals surface area contributed by atoms with Gasteiger partial charge in [-0.25, -0.2) is 22.6 Å². The Hall–Kier alpha value is -2.96. The van der Waals surface area contributed by atoms with Crippen LogP contribution in [0.3, 0.4) is 0 Å². The summed E-state index contributed by atoms with van der Waals surface area (Å²) in [5, 5.41) is 53.8. The van der Waals surface area contributed by atoms with Crippen molar-refractivity contribution in [2.24, 2.45) is 0 Å². The van der Waals surface area contributed by atoms with Crippen molar-refractivity contribution in [3.05, 3.63) is 35.8 Å². The fourth-order valence-corrected chi connectivity index (χ4v) is 7.09. The van der Waals surface area contributed by atoms with Crippen LogP contribution in [-0.4, -0.2) is 131 Å². The molecule has 3 heterocycles. The van der Waals surface area contributed by atoms with Crippen molar-refractivity contribution in [2.45, 2.75) is 79.3 Å². The lowest BCUT2D eigenvalue weighted by Gasteiger charge is -2.46. The molecule has 45 heavy (non-hydrogen) atoms. The molecule has 0 spiro atoms. The van der Waals surface area contributed by atoms with Gasteiger partial charge < -0.3 is 40.3 Å². The van der Waals surface area contributed by atoms with Crippen molar-refractivity contribution in [2.75, 3.05) is 33.3 Å². The molecule has 0 bridgehead atoms. The third-order valence-electron chi connectivity index (χ3n) is 8.60. The molecule has 3 amide bonds. The maximum atomic E-state index is 13.9. The summed E-state index contributed by atoms with van der Waals surface area (Å²) < 4.78 is 48.1. The number of aliphatic hydroxyl groups excluding tert-OH is 3. The van der Waals surface area contributed by atoms with Crippen LogP contribution >= 0.6 is 11.8 Å². The van der Waals surface area contributed by atoms with Gasteiger partial charge in [0, 0.05) is 38.3 Å². The number of rotatable bonds is 9. The van der Waals surface area contributed by atoms with Gasteiger partial charge >= 0.3 is 6.03 Å². The molecule has 1 aromatic heterocycles. The number of likely N-dealkylation sites (tertiary alicyclic amines) is 1. The number of aliphatic hydroxyl groups is 4.